The van der Waals surface area contributed by atoms with Gasteiger partial charge in [-0.3, -0.25) is 4.79 Å². The zero-order valence-corrected chi connectivity index (χ0v) is 7.40. The maximum absolute atomic E-state index is 9.76. The Morgan fingerprint density at radius 1 is 1.90 bits per heavy atom. The van der Waals surface area contributed by atoms with Crippen molar-refractivity contribution in [2.24, 2.45) is 5.73 Å². The van der Waals surface area contributed by atoms with E-state index in [0.717, 1.165) is 5.88 Å². The molecule has 0 bridgehead atoms. The van der Waals surface area contributed by atoms with Crippen LogP contribution in [0, 0.1) is 0 Å². The van der Waals surface area contributed by atoms with E-state index in [4.69, 9.17) is 22.4 Å². The molecule has 1 unspecified atom stereocenters. The van der Waals surface area contributed by atoms with Crippen LogP contribution in [0.5, 0.6) is 0 Å². The smallest absolute Gasteiger partial charge is 0.321 e. The topological polar surface area (TPSA) is 63.3 Å². The van der Waals surface area contributed by atoms with Crippen molar-refractivity contribution in [3.05, 3.63) is 0 Å². The summed E-state index contributed by atoms with van der Waals surface area (Å²) in [5, 5.41) is 8.01. The average Bonchev–Trinajstić information content (AvgIpc) is 1.88. The number of rotatable bonds is 2. The SMILES string of the molecule is CCCl.NC(CS)C(=O)O. The molecule has 0 rings (SSSR count). The Morgan fingerprint density at radius 3 is 2.20 bits per heavy atom. The highest BCUT2D eigenvalue weighted by Crippen LogP contribution is 1.80. The first kappa shape index (κ1) is 12.7. The van der Waals surface area contributed by atoms with Gasteiger partial charge in [-0.25, -0.2) is 0 Å². The zero-order chi connectivity index (χ0) is 8.57. The molecule has 0 aromatic carbocycles. The fraction of sp³-hybridized carbons (Fsp3) is 0.800. The third-order valence-corrected chi connectivity index (χ3v) is 0.907. The molecule has 3 N–H and O–H groups in total. The van der Waals surface area contributed by atoms with Crippen LogP contribution in [0.3, 0.4) is 0 Å². The molecule has 0 aliphatic heterocycles. The van der Waals surface area contributed by atoms with Crippen molar-refractivity contribution >= 4 is 30.2 Å². The van der Waals surface area contributed by atoms with Crippen molar-refractivity contribution in [1.29, 1.82) is 0 Å². The number of hydrogen-bond acceptors (Lipinski definition) is 3. The minimum Gasteiger partial charge on any atom is -0.480 e. The summed E-state index contributed by atoms with van der Waals surface area (Å²) < 4.78 is 0. The van der Waals surface area contributed by atoms with Gasteiger partial charge in [-0.1, -0.05) is 6.92 Å². The van der Waals surface area contributed by atoms with Gasteiger partial charge < -0.3 is 10.8 Å². The number of alkyl halides is 1. The largest absolute Gasteiger partial charge is 0.480 e. The number of aliphatic carboxylic acids is 1. The first-order valence-electron chi connectivity index (χ1n) is 2.75. The summed E-state index contributed by atoms with van der Waals surface area (Å²) in [7, 11) is 0. The fourth-order valence-corrected chi connectivity index (χ4v) is 0.234. The summed E-state index contributed by atoms with van der Waals surface area (Å²) in [6.07, 6.45) is 0. The molecule has 0 aromatic heterocycles. The van der Waals surface area contributed by atoms with Crippen LogP contribution in [0.15, 0.2) is 0 Å². The second kappa shape index (κ2) is 9.07. The Hall–Kier alpha value is 0.0700. The lowest BCUT2D eigenvalue weighted by Gasteiger charge is -1.96. The van der Waals surface area contributed by atoms with E-state index in [1.165, 1.54) is 0 Å². The van der Waals surface area contributed by atoms with Gasteiger partial charge >= 0.3 is 5.97 Å². The number of halogens is 1. The molecule has 0 saturated carbocycles. The average molecular weight is 186 g/mol. The highest BCUT2D eigenvalue weighted by atomic mass is 35.5. The van der Waals surface area contributed by atoms with E-state index in [0.29, 0.717) is 0 Å². The van der Waals surface area contributed by atoms with Crippen molar-refractivity contribution < 1.29 is 9.90 Å². The Balaban J connectivity index is 0. The summed E-state index contributed by atoms with van der Waals surface area (Å²) in [5.74, 6) is -0.0926. The van der Waals surface area contributed by atoms with Crippen molar-refractivity contribution in [2.45, 2.75) is 13.0 Å². The molecule has 0 aliphatic rings. The molecule has 62 valence electrons. The quantitative estimate of drug-likeness (QED) is 0.436. The molecule has 0 aromatic rings. The third kappa shape index (κ3) is 10.9. The van der Waals surface area contributed by atoms with Gasteiger partial charge in [0.05, 0.1) is 0 Å². The number of carboxylic acids is 1. The lowest BCUT2D eigenvalue weighted by atomic mass is 10.4. The van der Waals surface area contributed by atoms with Crippen LogP contribution in [0.2, 0.25) is 0 Å². The van der Waals surface area contributed by atoms with E-state index in [1.807, 2.05) is 6.92 Å². The zero-order valence-electron chi connectivity index (χ0n) is 5.75. The second-order valence-electron chi connectivity index (χ2n) is 1.39. The minimum absolute atomic E-state index is 0.190. The predicted octanol–water partition coefficient (Wildman–Crippen LogP) is 0.573. The molecule has 0 fully saturated rings. The summed E-state index contributed by atoms with van der Waals surface area (Å²) in [6, 6.07) is -0.816. The highest BCUT2D eigenvalue weighted by Gasteiger charge is 2.06. The van der Waals surface area contributed by atoms with Crippen LogP contribution in [0.4, 0.5) is 0 Å². The van der Waals surface area contributed by atoms with E-state index in [9.17, 15) is 4.79 Å². The Labute approximate surface area is 71.0 Å². The van der Waals surface area contributed by atoms with Crippen LogP contribution in [0.1, 0.15) is 6.92 Å². The fourth-order valence-electron chi connectivity index (χ4n) is 0.0781. The number of thiol groups is 1. The Kier molecular flexibility index (Phi) is 11.5. The van der Waals surface area contributed by atoms with Gasteiger partial charge in [0.1, 0.15) is 6.04 Å². The molecule has 0 amide bonds. The van der Waals surface area contributed by atoms with Crippen LogP contribution in [-0.4, -0.2) is 28.8 Å². The van der Waals surface area contributed by atoms with Crippen molar-refractivity contribution in [3.8, 4) is 0 Å². The summed E-state index contributed by atoms with van der Waals surface area (Å²) >= 11 is 8.65. The molecule has 0 saturated heterocycles. The highest BCUT2D eigenvalue weighted by molar-refractivity contribution is 7.80. The van der Waals surface area contributed by atoms with Gasteiger partial charge in [0.25, 0.3) is 0 Å². The van der Waals surface area contributed by atoms with Crippen molar-refractivity contribution in [2.75, 3.05) is 11.6 Å². The van der Waals surface area contributed by atoms with Gasteiger partial charge in [0.2, 0.25) is 0 Å². The Morgan fingerprint density at radius 2 is 2.20 bits per heavy atom. The normalized spacial score (nSPS) is 11.2. The number of carboxylic acid groups (broad SMARTS) is 1. The van der Waals surface area contributed by atoms with Crippen LogP contribution in [0.25, 0.3) is 0 Å². The molecule has 0 spiro atoms. The van der Waals surface area contributed by atoms with Gasteiger partial charge in [0.15, 0.2) is 0 Å². The summed E-state index contributed by atoms with van der Waals surface area (Å²) in [6.45, 7) is 1.89. The molecule has 10 heavy (non-hydrogen) atoms. The lowest BCUT2D eigenvalue weighted by molar-refractivity contribution is -0.137. The summed E-state index contributed by atoms with van der Waals surface area (Å²) in [5.41, 5.74) is 4.94. The summed E-state index contributed by atoms with van der Waals surface area (Å²) in [4.78, 5) is 9.76. The lowest BCUT2D eigenvalue weighted by Crippen LogP contribution is -2.31. The third-order valence-electron chi connectivity index (χ3n) is 0.514. The maximum Gasteiger partial charge on any atom is 0.321 e. The number of carbonyl (C=O) groups is 1. The molecular weight excluding hydrogens is 174 g/mol. The van der Waals surface area contributed by atoms with E-state index in [-0.39, 0.29) is 5.75 Å². The predicted molar refractivity (Wildman–Crippen MR) is 45.9 cm³/mol. The van der Waals surface area contributed by atoms with Gasteiger partial charge in [0, 0.05) is 11.6 Å². The van der Waals surface area contributed by atoms with Crippen molar-refractivity contribution in [1.82, 2.24) is 0 Å². The van der Waals surface area contributed by atoms with Gasteiger partial charge in [-0.15, -0.1) is 11.6 Å². The minimum atomic E-state index is -1.00. The van der Waals surface area contributed by atoms with E-state index in [2.05, 4.69) is 12.6 Å². The van der Waals surface area contributed by atoms with Gasteiger partial charge in [-0.2, -0.15) is 12.6 Å². The van der Waals surface area contributed by atoms with E-state index in [1.54, 1.807) is 0 Å². The number of nitrogens with two attached hydrogens (primary N) is 1. The molecule has 1 atom stereocenters. The monoisotopic (exact) mass is 185 g/mol. The Bertz CT molecular complexity index is 91.7. The van der Waals surface area contributed by atoms with Crippen molar-refractivity contribution in [3.63, 3.8) is 0 Å². The standard InChI is InChI=1S/C3H7NO2S.C2H5Cl/c4-2(1-7)3(5)6;1-2-3/h2,7H,1,4H2,(H,5,6);2H2,1H3. The molecule has 0 aliphatic carbocycles. The number of hydrogen-bond donors (Lipinski definition) is 3. The van der Waals surface area contributed by atoms with Crippen LogP contribution in [-0.2, 0) is 4.79 Å². The molecular formula is C5H12ClNO2S. The molecule has 0 radical (unpaired) electrons. The maximum atomic E-state index is 9.76. The van der Waals surface area contributed by atoms with Gasteiger partial charge in [-0.05, 0) is 0 Å². The van der Waals surface area contributed by atoms with Crippen LogP contribution >= 0.6 is 24.2 Å². The molecule has 3 nitrogen and oxygen atoms in total. The van der Waals surface area contributed by atoms with Crippen LogP contribution < -0.4 is 5.73 Å². The first-order chi connectivity index (χ1) is 4.59. The first-order valence-corrected chi connectivity index (χ1v) is 3.92. The molecule has 5 heteroatoms. The second-order valence-corrected chi connectivity index (χ2v) is 2.29. The van der Waals surface area contributed by atoms with E-state index < -0.39 is 12.0 Å². The van der Waals surface area contributed by atoms with E-state index >= 15 is 0 Å². The molecule has 0 heterocycles.